The van der Waals surface area contributed by atoms with Crippen LogP contribution in [-0.4, -0.2) is 30.8 Å². The molecule has 0 aromatic heterocycles. The lowest BCUT2D eigenvalue weighted by Gasteiger charge is -2.10. The highest BCUT2D eigenvalue weighted by Crippen LogP contribution is 2.28. The summed E-state index contributed by atoms with van der Waals surface area (Å²) in [6.45, 7) is 2.23. The van der Waals surface area contributed by atoms with Crippen molar-refractivity contribution in [2.24, 2.45) is 5.92 Å². The highest BCUT2D eigenvalue weighted by atomic mass is 35.5. The number of carboxylic acid groups (broad SMARTS) is 1. The van der Waals surface area contributed by atoms with Crippen LogP contribution in [0.5, 0.6) is 0 Å². The van der Waals surface area contributed by atoms with Crippen molar-refractivity contribution >= 4 is 23.3 Å². The summed E-state index contributed by atoms with van der Waals surface area (Å²) >= 11 is 5.88. The standard InChI is InChI=1S/C14H18ClNO3/c15-11-3-1-4-12(13(11)14(17)18)16-7-2-8-19-9-10-5-6-10/h1,3-4,10,16H,2,5-9H2,(H,17,18). The Bertz CT molecular complexity index is 446. The Kier molecular flexibility index (Phi) is 5.05. The van der Waals surface area contributed by atoms with E-state index in [0.717, 1.165) is 18.9 Å². The summed E-state index contributed by atoms with van der Waals surface area (Å²) in [5, 5.41) is 12.5. The molecule has 1 aromatic carbocycles. The molecule has 0 unspecified atom stereocenters. The van der Waals surface area contributed by atoms with Gasteiger partial charge in [0.05, 0.1) is 10.7 Å². The van der Waals surface area contributed by atoms with Crippen molar-refractivity contribution in [1.82, 2.24) is 0 Å². The van der Waals surface area contributed by atoms with E-state index in [9.17, 15) is 4.79 Å². The fourth-order valence-corrected chi connectivity index (χ4v) is 2.08. The molecule has 0 radical (unpaired) electrons. The van der Waals surface area contributed by atoms with Crippen LogP contribution in [0.15, 0.2) is 18.2 Å². The molecular formula is C14H18ClNO3. The first-order valence-corrected chi connectivity index (χ1v) is 6.89. The first-order valence-electron chi connectivity index (χ1n) is 6.52. The van der Waals surface area contributed by atoms with Crippen molar-refractivity contribution in [1.29, 1.82) is 0 Å². The Hall–Kier alpha value is -1.26. The van der Waals surface area contributed by atoms with Crippen LogP contribution in [-0.2, 0) is 4.74 Å². The molecule has 0 amide bonds. The molecule has 1 fully saturated rings. The van der Waals surface area contributed by atoms with Gasteiger partial charge in [-0.2, -0.15) is 0 Å². The molecule has 5 heteroatoms. The van der Waals surface area contributed by atoms with Crippen molar-refractivity contribution in [2.45, 2.75) is 19.3 Å². The summed E-state index contributed by atoms with van der Waals surface area (Å²) < 4.78 is 5.51. The Labute approximate surface area is 117 Å². The van der Waals surface area contributed by atoms with Gasteiger partial charge >= 0.3 is 5.97 Å². The number of hydrogen-bond donors (Lipinski definition) is 2. The molecule has 2 N–H and O–H groups in total. The van der Waals surface area contributed by atoms with Gasteiger partial charge in [-0.15, -0.1) is 0 Å². The van der Waals surface area contributed by atoms with E-state index in [0.29, 0.717) is 18.8 Å². The number of ether oxygens (including phenoxy) is 1. The highest BCUT2D eigenvalue weighted by molar-refractivity contribution is 6.34. The molecule has 19 heavy (non-hydrogen) atoms. The zero-order valence-corrected chi connectivity index (χ0v) is 11.4. The summed E-state index contributed by atoms with van der Waals surface area (Å²) in [5.41, 5.74) is 0.685. The normalized spacial score (nSPS) is 14.4. The van der Waals surface area contributed by atoms with E-state index in [-0.39, 0.29) is 10.6 Å². The zero-order chi connectivity index (χ0) is 13.7. The Morgan fingerprint density at radius 1 is 1.47 bits per heavy atom. The first kappa shape index (κ1) is 14.2. The van der Waals surface area contributed by atoms with Crippen molar-refractivity contribution in [2.75, 3.05) is 25.1 Å². The van der Waals surface area contributed by atoms with E-state index >= 15 is 0 Å². The number of benzene rings is 1. The number of carboxylic acids is 1. The molecule has 2 rings (SSSR count). The van der Waals surface area contributed by atoms with Gasteiger partial charge in [-0.1, -0.05) is 17.7 Å². The summed E-state index contributed by atoms with van der Waals surface area (Å²) in [5.74, 6) is -0.238. The maximum absolute atomic E-state index is 11.1. The van der Waals surface area contributed by atoms with Crippen LogP contribution in [0.4, 0.5) is 5.69 Å². The van der Waals surface area contributed by atoms with Crippen LogP contribution < -0.4 is 5.32 Å². The largest absolute Gasteiger partial charge is 0.478 e. The summed E-state index contributed by atoms with van der Waals surface area (Å²) in [4.78, 5) is 11.1. The lowest BCUT2D eigenvalue weighted by atomic mass is 10.1. The number of nitrogens with one attached hydrogen (secondary N) is 1. The van der Waals surface area contributed by atoms with Gasteiger partial charge in [0.15, 0.2) is 0 Å². The van der Waals surface area contributed by atoms with Gasteiger partial charge < -0.3 is 15.2 Å². The van der Waals surface area contributed by atoms with Crippen LogP contribution in [0.25, 0.3) is 0 Å². The molecule has 1 aliphatic rings. The quantitative estimate of drug-likeness (QED) is 0.719. The molecule has 0 bridgehead atoms. The molecule has 0 atom stereocenters. The lowest BCUT2D eigenvalue weighted by molar-refractivity contribution is 0.0698. The van der Waals surface area contributed by atoms with E-state index in [1.165, 1.54) is 12.8 Å². The van der Waals surface area contributed by atoms with Crippen molar-refractivity contribution in [3.63, 3.8) is 0 Å². The van der Waals surface area contributed by atoms with Gasteiger partial charge in [-0.05, 0) is 37.3 Å². The van der Waals surface area contributed by atoms with Crippen LogP contribution in [0.3, 0.4) is 0 Å². The van der Waals surface area contributed by atoms with Gasteiger partial charge in [-0.25, -0.2) is 4.79 Å². The average molecular weight is 284 g/mol. The minimum atomic E-state index is -1.02. The minimum absolute atomic E-state index is 0.128. The number of rotatable bonds is 8. The highest BCUT2D eigenvalue weighted by Gasteiger charge is 2.20. The molecular weight excluding hydrogens is 266 g/mol. The van der Waals surface area contributed by atoms with Crippen LogP contribution in [0.2, 0.25) is 5.02 Å². The maximum atomic E-state index is 11.1. The van der Waals surface area contributed by atoms with Gasteiger partial charge in [0.2, 0.25) is 0 Å². The Morgan fingerprint density at radius 2 is 2.26 bits per heavy atom. The van der Waals surface area contributed by atoms with Crippen LogP contribution >= 0.6 is 11.6 Å². The summed E-state index contributed by atoms with van der Waals surface area (Å²) in [6, 6.07) is 5.04. The number of halogens is 1. The number of hydrogen-bond acceptors (Lipinski definition) is 3. The van der Waals surface area contributed by atoms with E-state index in [1.54, 1.807) is 18.2 Å². The SMILES string of the molecule is O=C(O)c1c(Cl)cccc1NCCCOCC1CC1. The van der Waals surface area contributed by atoms with E-state index < -0.39 is 5.97 Å². The van der Waals surface area contributed by atoms with Gasteiger partial charge in [0.25, 0.3) is 0 Å². The monoisotopic (exact) mass is 283 g/mol. The number of carbonyl (C=O) groups is 1. The first-order chi connectivity index (χ1) is 9.18. The number of anilines is 1. The van der Waals surface area contributed by atoms with Crippen molar-refractivity contribution < 1.29 is 14.6 Å². The van der Waals surface area contributed by atoms with Crippen molar-refractivity contribution in [3.8, 4) is 0 Å². The second kappa shape index (κ2) is 6.78. The lowest BCUT2D eigenvalue weighted by Crippen LogP contribution is -2.10. The molecule has 4 nitrogen and oxygen atoms in total. The Morgan fingerprint density at radius 3 is 2.95 bits per heavy atom. The third kappa shape index (κ3) is 4.40. The van der Waals surface area contributed by atoms with E-state index in [2.05, 4.69) is 5.32 Å². The molecule has 0 aliphatic heterocycles. The van der Waals surface area contributed by atoms with Gasteiger partial charge in [-0.3, -0.25) is 0 Å². The number of aromatic carboxylic acids is 1. The second-order valence-corrected chi connectivity index (χ2v) is 5.17. The zero-order valence-electron chi connectivity index (χ0n) is 10.7. The van der Waals surface area contributed by atoms with Gasteiger partial charge in [0.1, 0.15) is 5.56 Å². The maximum Gasteiger partial charge on any atom is 0.339 e. The average Bonchev–Trinajstić information content (AvgIpc) is 3.17. The fraction of sp³-hybridized carbons (Fsp3) is 0.500. The molecule has 0 spiro atoms. The third-order valence-electron chi connectivity index (χ3n) is 3.06. The molecule has 1 aliphatic carbocycles. The smallest absolute Gasteiger partial charge is 0.339 e. The minimum Gasteiger partial charge on any atom is -0.478 e. The predicted octanol–water partition coefficient (Wildman–Crippen LogP) is 3.27. The van der Waals surface area contributed by atoms with Crippen molar-refractivity contribution in [3.05, 3.63) is 28.8 Å². The topological polar surface area (TPSA) is 58.6 Å². The molecule has 0 heterocycles. The van der Waals surface area contributed by atoms with Crippen LogP contribution in [0, 0.1) is 5.92 Å². The summed E-state index contributed by atoms with van der Waals surface area (Å²) in [6.07, 6.45) is 3.43. The fourth-order valence-electron chi connectivity index (χ4n) is 1.82. The molecule has 0 saturated heterocycles. The van der Waals surface area contributed by atoms with Gasteiger partial charge in [0, 0.05) is 19.8 Å². The second-order valence-electron chi connectivity index (χ2n) is 4.77. The molecule has 104 valence electrons. The van der Waals surface area contributed by atoms with Crippen LogP contribution in [0.1, 0.15) is 29.6 Å². The summed E-state index contributed by atoms with van der Waals surface area (Å²) in [7, 11) is 0. The molecule has 1 saturated carbocycles. The predicted molar refractivity (Wildman–Crippen MR) is 75.1 cm³/mol. The van der Waals surface area contributed by atoms with E-state index in [1.807, 2.05) is 0 Å². The Balaban J connectivity index is 1.75. The van der Waals surface area contributed by atoms with E-state index in [4.69, 9.17) is 21.4 Å². The molecule has 1 aromatic rings. The third-order valence-corrected chi connectivity index (χ3v) is 3.37.